The van der Waals surface area contributed by atoms with Crippen molar-refractivity contribution in [2.45, 2.75) is 51.1 Å². The van der Waals surface area contributed by atoms with Crippen LogP contribution < -0.4 is 5.32 Å². The average Bonchev–Trinajstić information content (AvgIpc) is 2.43. The Kier molecular flexibility index (Phi) is 2.87. The van der Waals surface area contributed by atoms with Crippen LogP contribution in [-0.4, -0.2) is 11.0 Å². The van der Waals surface area contributed by atoms with Gasteiger partial charge in [0.05, 0.1) is 0 Å². The quantitative estimate of drug-likeness (QED) is 0.894. The van der Waals surface area contributed by atoms with Crippen molar-refractivity contribution in [3.8, 4) is 0 Å². The van der Waals surface area contributed by atoms with Gasteiger partial charge in [-0.3, -0.25) is 4.98 Å². The normalized spacial score (nSPS) is 41.4. The molecule has 2 heteroatoms. The van der Waals surface area contributed by atoms with Crippen LogP contribution in [0, 0.1) is 23.7 Å². The molecule has 0 spiro atoms. The van der Waals surface area contributed by atoms with Gasteiger partial charge in [0, 0.05) is 24.5 Å². The first-order valence-corrected chi connectivity index (χ1v) is 7.95. The molecule has 4 saturated carbocycles. The highest BCUT2D eigenvalue weighted by atomic mass is 15.0. The Morgan fingerprint density at radius 3 is 2.16 bits per heavy atom. The number of aromatic nitrogens is 1. The van der Waals surface area contributed by atoms with Crippen molar-refractivity contribution >= 4 is 0 Å². The predicted octanol–water partition coefficient (Wildman–Crippen LogP) is 3.56. The third-order valence-corrected chi connectivity index (χ3v) is 5.88. The second-order valence-electron chi connectivity index (χ2n) is 7.13. The summed E-state index contributed by atoms with van der Waals surface area (Å²) in [6, 6.07) is 5.53. The molecule has 0 radical (unpaired) electrons. The zero-order valence-electron chi connectivity index (χ0n) is 11.8. The lowest BCUT2D eigenvalue weighted by Gasteiger charge is -2.55. The molecule has 0 saturated heterocycles. The van der Waals surface area contributed by atoms with E-state index in [0.29, 0.717) is 6.04 Å². The molecular weight excluding hydrogens is 232 g/mol. The van der Waals surface area contributed by atoms with E-state index in [9.17, 15) is 0 Å². The summed E-state index contributed by atoms with van der Waals surface area (Å²) in [6.45, 7) is 2.31. The van der Waals surface area contributed by atoms with Crippen LogP contribution in [0.25, 0.3) is 0 Å². The van der Waals surface area contributed by atoms with Crippen LogP contribution in [0.1, 0.15) is 50.6 Å². The molecule has 0 amide bonds. The molecular formula is C17H24N2. The van der Waals surface area contributed by atoms with Gasteiger partial charge < -0.3 is 5.32 Å². The summed E-state index contributed by atoms with van der Waals surface area (Å²) in [5.41, 5.74) is 1.38. The van der Waals surface area contributed by atoms with Crippen molar-refractivity contribution < 1.29 is 0 Å². The molecule has 19 heavy (non-hydrogen) atoms. The van der Waals surface area contributed by atoms with Crippen molar-refractivity contribution in [1.29, 1.82) is 0 Å². The summed E-state index contributed by atoms with van der Waals surface area (Å²) >= 11 is 0. The molecule has 0 aliphatic heterocycles. The molecule has 102 valence electrons. The minimum Gasteiger partial charge on any atom is -0.307 e. The fourth-order valence-corrected chi connectivity index (χ4v) is 5.23. The lowest BCUT2D eigenvalue weighted by molar-refractivity contribution is -0.0171. The van der Waals surface area contributed by atoms with E-state index < -0.39 is 0 Å². The Hall–Kier alpha value is -0.890. The summed E-state index contributed by atoms with van der Waals surface area (Å²) in [6.07, 6.45) is 11.3. The van der Waals surface area contributed by atoms with Gasteiger partial charge in [-0.25, -0.2) is 0 Å². The highest BCUT2D eigenvalue weighted by molar-refractivity contribution is 5.15. The summed E-state index contributed by atoms with van der Waals surface area (Å²) in [4.78, 5) is 4.12. The molecule has 2 nitrogen and oxygen atoms in total. The van der Waals surface area contributed by atoms with Crippen LogP contribution in [0.2, 0.25) is 0 Å². The molecule has 0 aromatic carbocycles. The van der Waals surface area contributed by atoms with Gasteiger partial charge in [-0.1, -0.05) is 0 Å². The number of nitrogens with one attached hydrogen (secondary N) is 1. The molecule has 4 aliphatic rings. The fraction of sp³-hybridized carbons (Fsp3) is 0.706. The van der Waals surface area contributed by atoms with E-state index in [2.05, 4.69) is 29.4 Å². The van der Waals surface area contributed by atoms with Gasteiger partial charge in [-0.15, -0.1) is 0 Å². The Morgan fingerprint density at radius 1 is 1.00 bits per heavy atom. The van der Waals surface area contributed by atoms with Crippen LogP contribution in [-0.2, 0) is 0 Å². The molecule has 1 N–H and O–H groups in total. The van der Waals surface area contributed by atoms with E-state index in [4.69, 9.17) is 0 Å². The molecule has 1 atom stereocenters. The fourth-order valence-electron chi connectivity index (χ4n) is 5.23. The summed E-state index contributed by atoms with van der Waals surface area (Å²) in [5.74, 6) is 4.05. The molecule has 5 rings (SSSR count). The van der Waals surface area contributed by atoms with Crippen molar-refractivity contribution in [2.24, 2.45) is 23.7 Å². The van der Waals surface area contributed by atoms with Gasteiger partial charge in [0.15, 0.2) is 0 Å². The predicted molar refractivity (Wildman–Crippen MR) is 76.6 cm³/mol. The van der Waals surface area contributed by atoms with Gasteiger partial charge in [0.25, 0.3) is 0 Å². The summed E-state index contributed by atoms with van der Waals surface area (Å²) in [7, 11) is 0. The van der Waals surface area contributed by atoms with Gasteiger partial charge in [-0.05, 0) is 80.4 Å². The second kappa shape index (κ2) is 4.59. The summed E-state index contributed by atoms with van der Waals surface area (Å²) in [5, 5.41) is 3.95. The standard InChI is InChI=1S/C17H24N2/c1-11(14-2-4-18-5-3-14)19-17-15-7-12-6-13(9-15)10-16(17)8-12/h2-5,11-13,15-17,19H,6-10H2,1H3. The third-order valence-electron chi connectivity index (χ3n) is 5.88. The van der Waals surface area contributed by atoms with Crippen molar-refractivity contribution in [3.05, 3.63) is 30.1 Å². The van der Waals surface area contributed by atoms with Crippen LogP contribution in [0.5, 0.6) is 0 Å². The van der Waals surface area contributed by atoms with E-state index in [1.165, 1.54) is 31.2 Å². The smallest absolute Gasteiger partial charge is 0.0295 e. The van der Waals surface area contributed by atoms with Gasteiger partial charge in [0.1, 0.15) is 0 Å². The number of pyridine rings is 1. The van der Waals surface area contributed by atoms with Crippen LogP contribution in [0.15, 0.2) is 24.5 Å². The number of nitrogens with zero attached hydrogens (tertiary/aromatic N) is 1. The van der Waals surface area contributed by atoms with E-state index in [1.807, 2.05) is 12.4 Å². The van der Waals surface area contributed by atoms with Crippen molar-refractivity contribution in [3.63, 3.8) is 0 Å². The zero-order valence-corrected chi connectivity index (χ0v) is 11.8. The Balaban J connectivity index is 1.48. The van der Waals surface area contributed by atoms with Gasteiger partial charge >= 0.3 is 0 Å². The number of rotatable bonds is 3. The maximum absolute atomic E-state index is 4.12. The first-order valence-electron chi connectivity index (χ1n) is 7.95. The number of hydrogen-bond acceptors (Lipinski definition) is 2. The number of hydrogen-bond donors (Lipinski definition) is 1. The topological polar surface area (TPSA) is 24.9 Å². The van der Waals surface area contributed by atoms with Crippen molar-refractivity contribution in [2.75, 3.05) is 0 Å². The molecule has 1 aromatic heterocycles. The van der Waals surface area contributed by atoms with Crippen LogP contribution in [0.3, 0.4) is 0 Å². The Morgan fingerprint density at radius 2 is 1.58 bits per heavy atom. The van der Waals surface area contributed by atoms with E-state index in [1.54, 1.807) is 6.42 Å². The van der Waals surface area contributed by atoms with Gasteiger partial charge in [-0.2, -0.15) is 0 Å². The zero-order chi connectivity index (χ0) is 12.8. The molecule has 1 aromatic rings. The lowest BCUT2D eigenvalue weighted by Crippen LogP contribution is -2.54. The first kappa shape index (κ1) is 11.9. The summed E-state index contributed by atoms with van der Waals surface area (Å²) < 4.78 is 0. The van der Waals surface area contributed by atoms with Gasteiger partial charge in [0.2, 0.25) is 0 Å². The van der Waals surface area contributed by atoms with Crippen molar-refractivity contribution in [1.82, 2.24) is 10.3 Å². The van der Waals surface area contributed by atoms with Crippen LogP contribution in [0.4, 0.5) is 0 Å². The largest absolute Gasteiger partial charge is 0.307 e. The molecule has 4 fully saturated rings. The molecule has 1 unspecified atom stereocenters. The molecule has 4 aliphatic carbocycles. The van der Waals surface area contributed by atoms with E-state index in [-0.39, 0.29) is 0 Å². The van der Waals surface area contributed by atoms with E-state index in [0.717, 1.165) is 29.7 Å². The maximum atomic E-state index is 4.12. The maximum Gasteiger partial charge on any atom is 0.0295 e. The minimum absolute atomic E-state index is 0.463. The Bertz CT molecular complexity index is 414. The SMILES string of the molecule is CC(NC1C2CC3CC(C2)CC1C3)c1ccncc1. The average molecular weight is 256 g/mol. The molecule has 4 bridgehead atoms. The monoisotopic (exact) mass is 256 g/mol. The highest BCUT2D eigenvalue weighted by Crippen LogP contribution is 2.54. The lowest BCUT2D eigenvalue weighted by atomic mass is 9.54. The van der Waals surface area contributed by atoms with Crippen LogP contribution >= 0.6 is 0 Å². The third kappa shape index (κ3) is 2.10. The minimum atomic E-state index is 0.463. The highest BCUT2D eigenvalue weighted by Gasteiger charge is 2.48. The Labute approximate surface area is 116 Å². The second-order valence-corrected chi connectivity index (χ2v) is 7.13. The molecule has 1 heterocycles. The van der Waals surface area contributed by atoms with E-state index >= 15 is 0 Å². The first-order chi connectivity index (χ1) is 9.29.